The van der Waals surface area contributed by atoms with E-state index in [-0.39, 0.29) is 29.8 Å². The van der Waals surface area contributed by atoms with Gasteiger partial charge in [0.15, 0.2) is 6.29 Å². The second kappa shape index (κ2) is 15.1. The second-order valence-corrected chi connectivity index (χ2v) is 12.7. The van der Waals surface area contributed by atoms with Crippen LogP contribution in [0.15, 0.2) is 30.9 Å². The third kappa shape index (κ3) is 7.58. The summed E-state index contributed by atoms with van der Waals surface area (Å²) in [5.74, 6) is 0.242. The summed E-state index contributed by atoms with van der Waals surface area (Å²) in [4.78, 5) is 86.6. The van der Waals surface area contributed by atoms with Gasteiger partial charge in [-0.1, -0.05) is 0 Å². The minimum absolute atomic E-state index is 0.113. The van der Waals surface area contributed by atoms with Gasteiger partial charge in [-0.25, -0.2) is 15.0 Å². The van der Waals surface area contributed by atoms with Gasteiger partial charge in [0.05, 0.1) is 19.1 Å². The van der Waals surface area contributed by atoms with Gasteiger partial charge in [-0.15, -0.1) is 0 Å². The van der Waals surface area contributed by atoms with E-state index in [9.17, 15) is 24.0 Å². The molecule has 3 fully saturated rings. The van der Waals surface area contributed by atoms with E-state index in [0.29, 0.717) is 82.4 Å². The van der Waals surface area contributed by atoms with Gasteiger partial charge in [0.2, 0.25) is 23.7 Å². The smallest absolute Gasteiger partial charge is 0.243 e. The van der Waals surface area contributed by atoms with Crippen LogP contribution < -0.4 is 10.2 Å². The highest BCUT2D eigenvalue weighted by atomic mass is 16.2. The Kier molecular flexibility index (Phi) is 10.5. The fourth-order valence-corrected chi connectivity index (χ4v) is 6.87. The lowest BCUT2D eigenvalue weighted by molar-refractivity contribution is -0.137. The molecule has 1 atom stereocenters. The summed E-state index contributed by atoms with van der Waals surface area (Å²) in [6.07, 6.45) is 11.2. The van der Waals surface area contributed by atoms with Crippen molar-refractivity contribution in [3.63, 3.8) is 0 Å². The van der Waals surface area contributed by atoms with E-state index < -0.39 is 0 Å². The SMILES string of the molecule is CN(CCN(CC=O)C1CCN(CC(=O)N2CCN(c3ncc(-c4cnc5[nH]cc(C=O)c5c4)cn3)CC2)CC1)C1CCC(=O)NC1=O. The fourth-order valence-electron chi connectivity index (χ4n) is 6.87. The van der Waals surface area contributed by atoms with Crippen molar-refractivity contribution in [2.24, 2.45) is 0 Å². The maximum absolute atomic E-state index is 13.2. The fraction of sp³-hybridized carbons (Fsp3) is 0.515. The summed E-state index contributed by atoms with van der Waals surface area (Å²) in [6, 6.07) is 1.80. The molecule has 0 bridgehead atoms. The van der Waals surface area contributed by atoms with Crippen LogP contribution in [-0.4, -0.2) is 154 Å². The Morgan fingerprint density at radius 3 is 2.38 bits per heavy atom. The van der Waals surface area contributed by atoms with Gasteiger partial charge < -0.3 is 19.6 Å². The van der Waals surface area contributed by atoms with Gasteiger partial charge in [0.1, 0.15) is 11.9 Å². The lowest BCUT2D eigenvalue weighted by atomic mass is 10.0. The van der Waals surface area contributed by atoms with Crippen molar-refractivity contribution in [3.05, 3.63) is 36.4 Å². The summed E-state index contributed by atoms with van der Waals surface area (Å²) >= 11 is 0. The zero-order valence-corrected chi connectivity index (χ0v) is 27.2. The number of hydrogen-bond acceptors (Lipinski definition) is 12. The first-order valence-corrected chi connectivity index (χ1v) is 16.5. The Hall–Kier alpha value is -4.60. The molecule has 3 aliphatic rings. The van der Waals surface area contributed by atoms with Gasteiger partial charge in [-0.3, -0.25) is 39.2 Å². The molecule has 2 N–H and O–H groups in total. The molecule has 1 unspecified atom stereocenters. The molecule has 254 valence electrons. The number of carbonyl (C=O) groups excluding carboxylic acids is 5. The van der Waals surface area contributed by atoms with Crippen LogP contribution in [0.1, 0.15) is 36.0 Å². The van der Waals surface area contributed by atoms with Crippen molar-refractivity contribution in [3.8, 4) is 11.1 Å². The predicted molar refractivity (Wildman–Crippen MR) is 177 cm³/mol. The number of fused-ring (bicyclic) bond motifs is 1. The number of likely N-dealkylation sites (N-methyl/N-ethyl adjacent to an activating group) is 1. The lowest BCUT2D eigenvalue weighted by Crippen LogP contribution is -2.54. The number of imide groups is 1. The number of aromatic amines is 1. The van der Waals surface area contributed by atoms with Crippen molar-refractivity contribution in [2.45, 2.75) is 37.8 Å². The molecule has 0 aliphatic carbocycles. The number of carbonyl (C=O) groups is 5. The van der Waals surface area contributed by atoms with E-state index in [1.807, 2.05) is 22.9 Å². The Labute approximate surface area is 278 Å². The zero-order valence-electron chi connectivity index (χ0n) is 27.2. The number of aldehydes is 2. The van der Waals surface area contributed by atoms with Crippen molar-refractivity contribution >= 4 is 47.3 Å². The monoisotopic (exact) mass is 658 g/mol. The van der Waals surface area contributed by atoms with Crippen LogP contribution in [0.3, 0.4) is 0 Å². The molecular weight excluding hydrogens is 616 g/mol. The number of piperazine rings is 1. The Morgan fingerprint density at radius 2 is 1.69 bits per heavy atom. The third-order valence-electron chi connectivity index (χ3n) is 9.80. The average molecular weight is 659 g/mol. The minimum Gasteiger partial charge on any atom is -0.345 e. The van der Waals surface area contributed by atoms with Crippen LogP contribution in [0.4, 0.5) is 5.95 Å². The third-order valence-corrected chi connectivity index (χ3v) is 9.80. The molecule has 0 radical (unpaired) electrons. The maximum atomic E-state index is 13.2. The number of rotatable bonds is 12. The molecule has 0 saturated carbocycles. The Balaban J connectivity index is 0.937. The number of piperidine rings is 2. The largest absolute Gasteiger partial charge is 0.345 e. The number of hydrogen-bond donors (Lipinski definition) is 2. The number of nitrogens with zero attached hydrogens (tertiary/aromatic N) is 8. The van der Waals surface area contributed by atoms with Crippen LogP contribution in [0, 0.1) is 0 Å². The molecule has 15 heteroatoms. The summed E-state index contributed by atoms with van der Waals surface area (Å²) in [7, 11) is 1.88. The minimum atomic E-state index is -0.336. The van der Waals surface area contributed by atoms with Gasteiger partial charge in [0.25, 0.3) is 0 Å². The van der Waals surface area contributed by atoms with Crippen LogP contribution in [-0.2, 0) is 19.2 Å². The first-order chi connectivity index (χ1) is 23.3. The average Bonchev–Trinajstić information content (AvgIpc) is 3.53. The van der Waals surface area contributed by atoms with E-state index >= 15 is 0 Å². The number of likely N-dealkylation sites (tertiary alicyclic amines) is 1. The molecule has 15 nitrogen and oxygen atoms in total. The number of anilines is 1. The molecule has 3 saturated heterocycles. The zero-order chi connectivity index (χ0) is 33.6. The molecule has 3 aliphatic heterocycles. The predicted octanol–water partition coefficient (Wildman–Crippen LogP) is 0.183. The first kappa shape index (κ1) is 33.3. The second-order valence-electron chi connectivity index (χ2n) is 12.7. The molecule has 3 aromatic rings. The van der Waals surface area contributed by atoms with Gasteiger partial charge in [-0.2, -0.15) is 0 Å². The number of aromatic nitrogens is 4. The maximum Gasteiger partial charge on any atom is 0.243 e. The standard InChI is InChI=1S/C33H42N10O5/c1-39(28-2-3-29(46)38-32(28)48)8-9-41(14-15-44)26-4-6-40(7-5-26)21-30(47)42-10-12-43(13-11-42)33-36-18-24(19-37-33)23-16-27-25(22-45)20-35-31(27)34-17-23/h15-20,22,26,28H,2-14,21H2,1H3,(H,34,35)(H,38,46,48). The Bertz CT molecular complexity index is 1630. The van der Waals surface area contributed by atoms with Crippen LogP contribution in [0.5, 0.6) is 0 Å². The molecule has 6 heterocycles. The van der Waals surface area contributed by atoms with Gasteiger partial charge in [0, 0.05) is 112 Å². The topological polar surface area (TPSA) is 168 Å². The van der Waals surface area contributed by atoms with Crippen LogP contribution in [0.2, 0.25) is 0 Å². The van der Waals surface area contributed by atoms with Crippen molar-refractivity contribution in [1.82, 2.24) is 44.9 Å². The van der Waals surface area contributed by atoms with E-state index in [2.05, 4.69) is 40.0 Å². The van der Waals surface area contributed by atoms with Crippen LogP contribution >= 0.6 is 0 Å². The molecule has 48 heavy (non-hydrogen) atoms. The number of pyridine rings is 1. The Morgan fingerprint density at radius 1 is 0.958 bits per heavy atom. The molecule has 6 rings (SSSR count). The summed E-state index contributed by atoms with van der Waals surface area (Å²) in [5.41, 5.74) is 2.84. The van der Waals surface area contributed by atoms with Gasteiger partial charge >= 0.3 is 0 Å². The summed E-state index contributed by atoms with van der Waals surface area (Å²) < 4.78 is 0. The van der Waals surface area contributed by atoms with Crippen molar-refractivity contribution in [1.29, 1.82) is 0 Å². The highest BCUT2D eigenvalue weighted by Crippen LogP contribution is 2.24. The van der Waals surface area contributed by atoms with E-state index in [1.54, 1.807) is 24.8 Å². The van der Waals surface area contributed by atoms with E-state index in [0.717, 1.165) is 55.0 Å². The molecule has 3 aromatic heterocycles. The first-order valence-electron chi connectivity index (χ1n) is 16.5. The number of amides is 3. The highest BCUT2D eigenvalue weighted by Gasteiger charge is 2.32. The van der Waals surface area contributed by atoms with Crippen molar-refractivity contribution in [2.75, 3.05) is 77.4 Å². The molecule has 3 amide bonds. The van der Waals surface area contributed by atoms with Crippen LogP contribution in [0.25, 0.3) is 22.2 Å². The summed E-state index contributed by atoms with van der Waals surface area (Å²) in [6.45, 7) is 5.98. The van der Waals surface area contributed by atoms with E-state index in [1.165, 1.54) is 0 Å². The number of H-pyrrole nitrogens is 1. The molecule has 0 aromatic carbocycles. The highest BCUT2D eigenvalue weighted by molar-refractivity contribution is 6.00. The summed E-state index contributed by atoms with van der Waals surface area (Å²) in [5, 5.41) is 3.16. The quantitative estimate of drug-likeness (QED) is 0.201. The van der Waals surface area contributed by atoms with Gasteiger partial charge in [-0.05, 0) is 32.4 Å². The normalized spacial score (nSPS) is 19.7. The molecule has 0 spiro atoms. The van der Waals surface area contributed by atoms with E-state index in [4.69, 9.17) is 0 Å². The van der Waals surface area contributed by atoms with Crippen molar-refractivity contribution < 1.29 is 24.0 Å². The molecular formula is C33H42N10O5. The number of nitrogens with one attached hydrogen (secondary N) is 2. The lowest BCUT2D eigenvalue weighted by Gasteiger charge is -2.40.